The molecule has 0 radical (unpaired) electrons. The van der Waals surface area contributed by atoms with Gasteiger partial charge in [-0.3, -0.25) is 14.9 Å². The smallest absolute Gasteiger partial charge is 0.342 e. The first kappa shape index (κ1) is 15.4. The number of hydrogen-bond acceptors (Lipinski definition) is 5. The molecular weight excluding hydrogens is 266 g/mol. The summed E-state index contributed by atoms with van der Waals surface area (Å²) in [6, 6.07) is 3.82. The largest absolute Gasteiger partial charge is 0.477 e. The molecule has 0 spiro atoms. The number of nitrogens with one attached hydrogen (secondary N) is 2. The van der Waals surface area contributed by atoms with Crippen LogP contribution in [-0.2, 0) is 4.79 Å². The van der Waals surface area contributed by atoms with Gasteiger partial charge in [-0.2, -0.15) is 0 Å². The Morgan fingerprint density at radius 2 is 2.05 bits per heavy atom. The maximum Gasteiger partial charge on any atom is 0.342 e. The Bertz CT molecular complexity index is 542. The standard InChI is InChI=1S/C12H15N3O5/c1-7(2)14-10(16)6-13-9-5-3-4-8(12(17)18)11(9)15(19)20/h3-5,7,13H,6H2,1-2H3,(H,14,16)(H,17,18). The molecule has 0 bridgehead atoms. The zero-order valence-corrected chi connectivity index (χ0v) is 11.0. The second-order valence-electron chi connectivity index (χ2n) is 4.34. The normalized spacial score (nSPS) is 10.2. The van der Waals surface area contributed by atoms with Gasteiger partial charge in [0.25, 0.3) is 0 Å². The van der Waals surface area contributed by atoms with Gasteiger partial charge in [-0.05, 0) is 26.0 Å². The van der Waals surface area contributed by atoms with Crippen LogP contribution in [-0.4, -0.2) is 34.5 Å². The van der Waals surface area contributed by atoms with Gasteiger partial charge < -0.3 is 15.7 Å². The number of carboxylic acid groups (broad SMARTS) is 1. The van der Waals surface area contributed by atoms with Gasteiger partial charge in [0.1, 0.15) is 11.3 Å². The predicted octanol–water partition coefficient (Wildman–Crippen LogP) is 1.23. The molecule has 0 saturated heterocycles. The number of amides is 1. The molecule has 0 aliphatic rings. The van der Waals surface area contributed by atoms with Gasteiger partial charge in [0, 0.05) is 6.04 Å². The van der Waals surface area contributed by atoms with Crippen LogP contribution in [0.2, 0.25) is 0 Å². The van der Waals surface area contributed by atoms with Gasteiger partial charge in [-0.1, -0.05) is 6.07 Å². The predicted molar refractivity (Wildman–Crippen MR) is 71.8 cm³/mol. The van der Waals surface area contributed by atoms with E-state index < -0.39 is 22.1 Å². The van der Waals surface area contributed by atoms with Crippen molar-refractivity contribution < 1.29 is 19.6 Å². The van der Waals surface area contributed by atoms with E-state index in [-0.39, 0.29) is 24.2 Å². The van der Waals surface area contributed by atoms with E-state index >= 15 is 0 Å². The van der Waals surface area contributed by atoms with Crippen LogP contribution in [0.4, 0.5) is 11.4 Å². The lowest BCUT2D eigenvalue weighted by atomic mass is 10.1. The van der Waals surface area contributed by atoms with Crippen LogP contribution >= 0.6 is 0 Å². The van der Waals surface area contributed by atoms with Crippen LogP contribution in [0.5, 0.6) is 0 Å². The molecule has 0 saturated carbocycles. The molecule has 1 rings (SSSR count). The molecule has 8 heteroatoms. The molecule has 20 heavy (non-hydrogen) atoms. The van der Waals surface area contributed by atoms with E-state index in [0.29, 0.717) is 0 Å². The summed E-state index contributed by atoms with van der Waals surface area (Å²) in [5.41, 5.74) is -0.990. The van der Waals surface area contributed by atoms with Crippen molar-refractivity contribution in [2.24, 2.45) is 0 Å². The molecule has 0 aliphatic carbocycles. The quantitative estimate of drug-likeness (QED) is 0.532. The van der Waals surface area contributed by atoms with Gasteiger partial charge in [-0.25, -0.2) is 4.79 Å². The monoisotopic (exact) mass is 281 g/mol. The number of carbonyl (C=O) groups excluding carboxylic acids is 1. The first-order valence-corrected chi connectivity index (χ1v) is 5.87. The van der Waals surface area contributed by atoms with Gasteiger partial charge in [-0.15, -0.1) is 0 Å². The number of aromatic carboxylic acids is 1. The fourth-order valence-electron chi connectivity index (χ4n) is 1.60. The average molecular weight is 281 g/mol. The summed E-state index contributed by atoms with van der Waals surface area (Å²) in [7, 11) is 0. The van der Waals surface area contributed by atoms with Gasteiger partial charge in [0.2, 0.25) is 5.91 Å². The Labute approximate surface area is 114 Å². The minimum atomic E-state index is -1.40. The average Bonchev–Trinajstić information content (AvgIpc) is 2.34. The lowest BCUT2D eigenvalue weighted by Gasteiger charge is -2.11. The number of nitrogens with zero attached hydrogens (tertiary/aromatic N) is 1. The van der Waals surface area contributed by atoms with Gasteiger partial charge in [0.05, 0.1) is 11.5 Å². The number of carboxylic acids is 1. The van der Waals surface area contributed by atoms with E-state index in [0.717, 1.165) is 6.07 Å². The van der Waals surface area contributed by atoms with Crippen LogP contribution in [0.15, 0.2) is 18.2 Å². The summed E-state index contributed by atoms with van der Waals surface area (Å²) < 4.78 is 0. The molecule has 0 aliphatic heterocycles. The number of nitro benzene ring substituents is 1. The highest BCUT2D eigenvalue weighted by atomic mass is 16.6. The van der Waals surface area contributed by atoms with E-state index in [1.807, 2.05) is 0 Å². The van der Waals surface area contributed by atoms with Crippen LogP contribution in [0, 0.1) is 10.1 Å². The van der Waals surface area contributed by atoms with E-state index in [1.165, 1.54) is 12.1 Å². The van der Waals surface area contributed by atoms with Crippen LogP contribution in [0.3, 0.4) is 0 Å². The fourth-order valence-corrected chi connectivity index (χ4v) is 1.60. The highest BCUT2D eigenvalue weighted by Crippen LogP contribution is 2.28. The highest BCUT2D eigenvalue weighted by Gasteiger charge is 2.24. The summed E-state index contributed by atoms with van der Waals surface area (Å²) in [5.74, 6) is -1.73. The van der Waals surface area contributed by atoms with E-state index in [4.69, 9.17) is 5.11 Å². The first-order chi connectivity index (χ1) is 9.32. The summed E-state index contributed by atoms with van der Waals surface area (Å²) in [4.78, 5) is 32.6. The molecule has 108 valence electrons. The summed E-state index contributed by atoms with van der Waals surface area (Å²) in [5, 5.41) is 25.1. The van der Waals surface area contributed by atoms with Crippen molar-refractivity contribution in [3.63, 3.8) is 0 Å². The maximum absolute atomic E-state index is 11.5. The highest BCUT2D eigenvalue weighted by molar-refractivity contribution is 5.95. The Morgan fingerprint density at radius 1 is 1.40 bits per heavy atom. The zero-order valence-electron chi connectivity index (χ0n) is 11.0. The molecule has 0 aromatic heterocycles. The Morgan fingerprint density at radius 3 is 2.55 bits per heavy atom. The number of nitro groups is 1. The third-order valence-electron chi connectivity index (χ3n) is 2.34. The van der Waals surface area contributed by atoms with Crippen LogP contribution < -0.4 is 10.6 Å². The molecule has 8 nitrogen and oxygen atoms in total. The van der Waals surface area contributed by atoms with Crippen molar-refractivity contribution in [3.8, 4) is 0 Å². The van der Waals surface area contributed by atoms with Crippen molar-refractivity contribution in [3.05, 3.63) is 33.9 Å². The minimum Gasteiger partial charge on any atom is -0.477 e. The molecule has 0 heterocycles. The second-order valence-corrected chi connectivity index (χ2v) is 4.34. The Balaban J connectivity index is 2.95. The lowest BCUT2D eigenvalue weighted by Crippen LogP contribution is -2.34. The first-order valence-electron chi connectivity index (χ1n) is 5.87. The summed E-state index contributed by atoms with van der Waals surface area (Å²) in [6.07, 6.45) is 0. The number of hydrogen-bond donors (Lipinski definition) is 3. The molecule has 1 aromatic carbocycles. The molecule has 0 atom stereocenters. The number of anilines is 1. The van der Waals surface area contributed by atoms with Crippen LogP contribution in [0.1, 0.15) is 24.2 Å². The van der Waals surface area contributed by atoms with Gasteiger partial charge in [0.15, 0.2) is 0 Å². The second kappa shape index (κ2) is 6.50. The van der Waals surface area contributed by atoms with Crippen molar-refractivity contribution in [2.75, 3.05) is 11.9 Å². The van der Waals surface area contributed by atoms with Crippen LogP contribution in [0.25, 0.3) is 0 Å². The fraction of sp³-hybridized carbons (Fsp3) is 0.333. The number of rotatable bonds is 6. The minimum absolute atomic E-state index is 0.00574. The van der Waals surface area contributed by atoms with Crippen molar-refractivity contribution in [1.82, 2.24) is 5.32 Å². The Kier molecular flexibility index (Phi) is 5.01. The van der Waals surface area contributed by atoms with E-state index in [9.17, 15) is 19.7 Å². The molecular formula is C12H15N3O5. The molecule has 3 N–H and O–H groups in total. The SMILES string of the molecule is CC(C)NC(=O)CNc1cccc(C(=O)O)c1[N+](=O)[O-]. The lowest BCUT2D eigenvalue weighted by molar-refractivity contribution is -0.384. The topological polar surface area (TPSA) is 122 Å². The number of para-hydroxylation sites is 1. The van der Waals surface area contributed by atoms with Gasteiger partial charge >= 0.3 is 11.7 Å². The summed E-state index contributed by atoms with van der Waals surface area (Å²) in [6.45, 7) is 3.39. The third kappa shape index (κ3) is 3.94. The van der Waals surface area contributed by atoms with Crippen molar-refractivity contribution >= 4 is 23.3 Å². The van der Waals surface area contributed by atoms with E-state index in [2.05, 4.69) is 10.6 Å². The number of carbonyl (C=O) groups is 2. The number of benzene rings is 1. The molecule has 0 unspecified atom stereocenters. The van der Waals surface area contributed by atoms with E-state index in [1.54, 1.807) is 13.8 Å². The third-order valence-corrected chi connectivity index (χ3v) is 2.34. The molecule has 1 amide bonds. The van der Waals surface area contributed by atoms with Crippen molar-refractivity contribution in [1.29, 1.82) is 0 Å². The summed E-state index contributed by atoms with van der Waals surface area (Å²) >= 11 is 0. The Hall–Kier alpha value is -2.64. The molecule has 0 fully saturated rings. The zero-order chi connectivity index (χ0) is 15.3. The van der Waals surface area contributed by atoms with Crippen molar-refractivity contribution in [2.45, 2.75) is 19.9 Å². The molecule has 1 aromatic rings. The maximum atomic E-state index is 11.5.